The molecule has 0 bridgehead atoms. The molecule has 1 heterocycles. The zero-order valence-electron chi connectivity index (χ0n) is 18.2. The lowest BCUT2D eigenvalue weighted by Crippen LogP contribution is -2.17. The fourth-order valence-electron chi connectivity index (χ4n) is 3.43. The molecule has 182 valence electrons. The fraction of sp³-hybridized carbons (Fsp3) is 0.160. The average molecular weight is 504 g/mol. The maximum absolute atomic E-state index is 13.3. The lowest BCUT2D eigenvalue weighted by Gasteiger charge is -2.12. The van der Waals surface area contributed by atoms with Crippen LogP contribution in [0.3, 0.4) is 0 Å². The Hall–Kier alpha value is -3.69. The predicted molar refractivity (Wildman–Crippen MR) is 127 cm³/mol. The first-order chi connectivity index (χ1) is 16.3. The smallest absolute Gasteiger partial charge is 0.417 e. The molecule has 0 unspecified atom stereocenters. The minimum absolute atomic E-state index is 0. The Labute approximate surface area is 205 Å². The minimum Gasteiger partial charge on any atom is -0.481 e. The Kier molecular flexibility index (Phi) is 8.26. The number of carboxylic acids is 1. The molecule has 0 atom stereocenters. The number of aromatic nitrogens is 2. The van der Waals surface area contributed by atoms with Crippen LogP contribution < -0.4 is 5.32 Å². The molecule has 35 heavy (non-hydrogen) atoms. The van der Waals surface area contributed by atoms with Crippen molar-refractivity contribution in [2.45, 2.75) is 19.1 Å². The van der Waals surface area contributed by atoms with Crippen LogP contribution in [-0.2, 0) is 17.5 Å². The summed E-state index contributed by atoms with van der Waals surface area (Å²) in [6.45, 7) is 0.917. The molecule has 0 aliphatic carbocycles. The van der Waals surface area contributed by atoms with Gasteiger partial charge in [0.05, 0.1) is 12.0 Å². The molecular formula is C25H21ClF3N3O3. The van der Waals surface area contributed by atoms with Crippen molar-refractivity contribution in [3.63, 3.8) is 0 Å². The van der Waals surface area contributed by atoms with E-state index in [0.29, 0.717) is 30.0 Å². The first-order valence-corrected chi connectivity index (χ1v) is 10.4. The Morgan fingerprint density at radius 2 is 1.54 bits per heavy atom. The van der Waals surface area contributed by atoms with Gasteiger partial charge in [0.15, 0.2) is 0 Å². The zero-order valence-corrected chi connectivity index (χ0v) is 19.1. The van der Waals surface area contributed by atoms with Gasteiger partial charge < -0.3 is 14.9 Å². The number of benzene rings is 3. The number of nitrogens with zero attached hydrogens (tertiary/aromatic N) is 2. The van der Waals surface area contributed by atoms with Crippen LogP contribution in [0.25, 0.3) is 34.0 Å². The maximum Gasteiger partial charge on any atom is 0.417 e. The first-order valence-electron chi connectivity index (χ1n) is 10.4. The van der Waals surface area contributed by atoms with Gasteiger partial charge in [0.2, 0.25) is 5.82 Å². The van der Waals surface area contributed by atoms with Crippen LogP contribution in [0.4, 0.5) is 13.2 Å². The van der Waals surface area contributed by atoms with E-state index in [9.17, 15) is 18.0 Å². The molecule has 6 nitrogen and oxygen atoms in total. The second kappa shape index (κ2) is 11.2. The molecule has 4 aromatic rings. The van der Waals surface area contributed by atoms with E-state index in [1.165, 1.54) is 12.1 Å². The summed E-state index contributed by atoms with van der Waals surface area (Å²) in [5.41, 5.74) is 2.15. The van der Waals surface area contributed by atoms with Gasteiger partial charge in [-0.05, 0) is 34.9 Å². The van der Waals surface area contributed by atoms with Crippen LogP contribution in [-0.4, -0.2) is 27.8 Å². The molecule has 4 rings (SSSR count). The van der Waals surface area contributed by atoms with Gasteiger partial charge in [-0.25, -0.2) is 0 Å². The first kappa shape index (κ1) is 25.9. The van der Waals surface area contributed by atoms with Gasteiger partial charge in [-0.3, -0.25) is 4.79 Å². The van der Waals surface area contributed by atoms with Crippen molar-refractivity contribution >= 4 is 18.4 Å². The number of hydrogen-bond donors (Lipinski definition) is 2. The summed E-state index contributed by atoms with van der Waals surface area (Å²) in [7, 11) is 0. The third-order valence-corrected chi connectivity index (χ3v) is 5.16. The van der Waals surface area contributed by atoms with Crippen molar-refractivity contribution in [2.75, 3.05) is 6.54 Å². The summed E-state index contributed by atoms with van der Waals surface area (Å²) in [4.78, 5) is 14.9. The second-order valence-corrected chi connectivity index (χ2v) is 7.56. The number of alkyl halides is 3. The van der Waals surface area contributed by atoms with Gasteiger partial charge in [0, 0.05) is 24.2 Å². The maximum atomic E-state index is 13.3. The predicted octanol–water partition coefficient (Wildman–Crippen LogP) is 6.08. The van der Waals surface area contributed by atoms with Crippen LogP contribution in [0.5, 0.6) is 0 Å². The summed E-state index contributed by atoms with van der Waals surface area (Å²) in [5, 5.41) is 15.7. The van der Waals surface area contributed by atoms with Crippen LogP contribution in [0.2, 0.25) is 0 Å². The molecule has 0 saturated carbocycles. The van der Waals surface area contributed by atoms with Crippen molar-refractivity contribution < 1.29 is 27.6 Å². The Balaban J connectivity index is 0.00000342. The summed E-state index contributed by atoms with van der Waals surface area (Å²) in [6, 6.07) is 19.3. The molecule has 0 spiro atoms. The number of nitrogens with one attached hydrogen (secondary N) is 1. The van der Waals surface area contributed by atoms with Crippen LogP contribution in [0, 0.1) is 0 Å². The second-order valence-electron chi connectivity index (χ2n) is 7.56. The average Bonchev–Trinajstić information content (AvgIpc) is 3.32. The Bertz CT molecular complexity index is 1270. The van der Waals surface area contributed by atoms with E-state index < -0.39 is 17.7 Å². The summed E-state index contributed by atoms with van der Waals surface area (Å²) < 4.78 is 45.3. The van der Waals surface area contributed by atoms with Gasteiger partial charge in [-0.2, -0.15) is 18.2 Å². The number of aliphatic carboxylic acids is 1. The Morgan fingerprint density at radius 3 is 2.20 bits per heavy atom. The molecule has 0 saturated heterocycles. The lowest BCUT2D eigenvalue weighted by atomic mass is 9.98. The topological polar surface area (TPSA) is 88.2 Å². The standard InChI is InChI=1S/C25H20F3N3O3.ClH/c26-25(27,28)21-4-2-1-3-20(21)17-9-11-19(12-10-17)24-30-23(31-34-24)18-7-5-16(6-8-18)15-29-14-13-22(32)33;/h1-12,29H,13-15H2,(H,32,33);1H. The number of carbonyl (C=O) groups is 1. The van der Waals surface area contributed by atoms with Crippen molar-refractivity contribution in [3.05, 3.63) is 83.9 Å². The quantitative estimate of drug-likeness (QED) is 0.283. The van der Waals surface area contributed by atoms with E-state index >= 15 is 0 Å². The van der Waals surface area contributed by atoms with Gasteiger partial charge in [0.25, 0.3) is 5.89 Å². The largest absolute Gasteiger partial charge is 0.481 e. The van der Waals surface area contributed by atoms with Crippen LogP contribution in [0.1, 0.15) is 17.5 Å². The van der Waals surface area contributed by atoms with Gasteiger partial charge in [-0.1, -0.05) is 59.8 Å². The highest BCUT2D eigenvalue weighted by molar-refractivity contribution is 5.85. The molecule has 10 heteroatoms. The van der Waals surface area contributed by atoms with E-state index in [-0.39, 0.29) is 30.3 Å². The molecule has 2 N–H and O–H groups in total. The van der Waals surface area contributed by atoms with Crippen LogP contribution in [0.15, 0.2) is 77.3 Å². The molecule has 0 aliphatic heterocycles. The van der Waals surface area contributed by atoms with Crippen LogP contribution >= 0.6 is 12.4 Å². The molecule has 1 aromatic heterocycles. The molecule has 0 fully saturated rings. The number of rotatable bonds is 8. The van der Waals surface area contributed by atoms with Gasteiger partial charge >= 0.3 is 12.1 Å². The number of carboxylic acid groups (broad SMARTS) is 1. The third-order valence-electron chi connectivity index (χ3n) is 5.16. The highest BCUT2D eigenvalue weighted by Crippen LogP contribution is 2.37. The molecular weight excluding hydrogens is 483 g/mol. The monoisotopic (exact) mass is 503 g/mol. The van der Waals surface area contributed by atoms with Crippen molar-refractivity contribution in [3.8, 4) is 34.0 Å². The summed E-state index contributed by atoms with van der Waals surface area (Å²) in [5.74, 6) is -0.214. The highest BCUT2D eigenvalue weighted by atomic mass is 35.5. The third kappa shape index (κ3) is 6.46. The summed E-state index contributed by atoms with van der Waals surface area (Å²) in [6.07, 6.45) is -4.39. The van der Waals surface area contributed by atoms with E-state index in [4.69, 9.17) is 9.63 Å². The fourth-order valence-corrected chi connectivity index (χ4v) is 3.43. The SMILES string of the molecule is Cl.O=C(O)CCNCc1ccc(-c2noc(-c3ccc(-c4ccccc4C(F)(F)F)cc3)n2)cc1. The lowest BCUT2D eigenvalue weighted by molar-refractivity contribution is -0.137. The van der Waals surface area contributed by atoms with Crippen molar-refractivity contribution in [1.82, 2.24) is 15.5 Å². The van der Waals surface area contributed by atoms with E-state index in [1.54, 1.807) is 30.3 Å². The number of halogens is 4. The molecule has 3 aromatic carbocycles. The van der Waals surface area contributed by atoms with E-state index in [2.05, 4.69) is 15.5 Å². The molecule has 0 aliphatic rings. The summed E-state index contributed by atoms with van der Waals surface area (Å²) >= 11 is 0. The molecule has 0 amide bonds. The highest BCUT2D eigenvalue weighted by Gasteiger charge is 2.33. The van der Waals surface area contributed by atoms with Crippen molar-refractivity contribution in [2.24, 2.45) is 0 Å². The zero-order chi connectivity index (χ0) is 24.1. The molecule has 0 radical (unpaired) electrons. The van der Waals surface area contributed by atoms with Gasteiger partial charge in [-0.15, -0.1) is 12.4 Å². The van der Waals surface area contributed by atoms with Gasteiger partial charge in [0.1, 0.15) is 0 Å². The van der Waals surface area contributed by atoms with E-state index in [1.807, 2.05) is 24.3 Å². The number of hydrogen-bond acceptors (Lipinski definition) is 5. The normalized spacial score (nSPS) is 11.2. The minimum atomic E-state index is -4.44. The Morgan fingerprint density at radius 1 is 0.914 bits per heavy atom. The van der Waals surface area contributed by atoms with Crippen molar-refractivity contribution in [1.29, 1.82) is 0 Å². The van der Waals surface area contributed by atoms with E-state index in [0.717, 1.165) is 17.2 Å².